The molecule has 1 amide bonds. The normalized spacial score (nSPS) is 22.1. The lowest BCUT2D eigenvalue weighted by Gasteiger charge is -2.32. The molecule has 2 aliphatic rings. The van der Waals surface area contributed by atoms with E-state index in [1.54, 1.807) is 15.7 Å². The number of anilines is 3. The van der Waals surface area contributed by atoms with Gasteiger partial charge in [-0.2, -0.15) is 4.98 Å². The van der Waals surface area contributed by atoms with Crippen LogP contribution in [0.15, 0.2) is 18.3 Å². The van der Waals surface area contributed by atoms with Crippen LogP contribution in [0.1, 0.15) is 52.0 Å². The van der Waals surface area contributed by atoms with Crippen LogP contribution in [0.25, 0.3) is 11.2 Å². The molecule has 1 aromatic carbocycles. The van der Waals surface area contributed by atoms with E-state index in [1.165, 1.54) is 0 Å². The van der Waals surface area contributed by atoms with Crippen molar-refractivity contribution < 1.29 is 23.1 Å². The van der Waals surface area contributed by atoms with Crippen LogP contribution in [-0.2, 0) is 4.79 Å². The second-order valence-corrected chi connectivity index (χ2v) is 10.1. The third-order valence-electron chi connectivity index (χ3n) is 6.98. The van der Waals surface area contributed by atoms with Gasteiger partial charge in [0.2, 0.25) is 17.8 Å². The molecule has 5 rings (SSSR count). The predicted octanol–water partition coefficient (Wildman–Crippen LogP) is 4.13. The van der Waals surface area contributed by atoms with Gasteiger partial charge in [-0.05, 0) is 46.0 Å². The highest BCUT2D eigenvalue weighted by molar-refractivity contribution is 5.79. The lowest BCUT2D eigenvalue weighted by molar-refractivity contribution is -0.136. The summed E-state index contributed by atoms with van der Waals surface area (Å²) in [5.74, 6) is -2.70. The Morgan fingerprint density at radius 1 is 1.08 bits per heavy atom. The summed E-state index contributed by atoms with van der Waals surface area (Å²) in [7, 11) is 0. The molecule has 1 atom stereocenters. The maximum atomic E-state index is 14.5. The van der Waals surface area contributed by atoms with Crippen LogP contribution < -0.4 is 10.6 Å². The topological polar surface area (TPSA) is 108 Å². The Kier molecular flexibility index (Phi) is 6.93. The molecule has 0 spiro atoms. The van der Waals surface area contributed by atoms with Crippen molar-refractivity contribution in [3.63, 3.8) is 0 Å². The van der Waals surface area contributed by atoms with E-state index in [2.05, 4.69) is 25.6 Å². The van der Waals surface area contributed by atoms with Crippen LogP contribution in [0.3, 0.4) is 0 Å². The molecular formula is C25H30F3N7O2. The number of nitrogens with zero attached hydrogens (tertiary/aromatic N) is 5. The molecule has 2 fully saturated rings. The van der Waals surface area contributed by atoms with Crippen molar-refractivity contribution in [2.24, 2.45) is 5.92 Å². The number of amides is 1. The third-order valence-corrected chi connectivity index (χ3v) is 6.98. The molecule has 9 nitrogen and oxygen atoms in total. The Bertz CT molecular complexity index is 1280. The number of rotatable bonds is 6. The minimum absolute atomic E-state index is 0.0602. The number of aliphatic hydroxyl groups excluding tert-OH is 1. The van der Waals surface area contributed by atoms with E-state index in [9.17, 15) is 23.1 Å². The number of fused-ring (bicyclic) bond motifs is 1. The minimum Gasteiger partial charge on any atom is -0.391 e. The summed E-state index contributed by atoms with van der Waals surface area (Å²) in [6.45, 7) is 4.85. The molecule has 1 aliphatic heterocycles. The fraction of sp³-hybridized carbons (Fsp3) is 0.520. The molecule has 0 radical (unpaired) electrons. The maximum absolute atomic E-state index is 14.5. The number of hydrogen-bond donors (Lipinski definition) is 3. The molecule has 2 aromatic heterocycles. The van der Waals surface area contributed by atoms with E-state index < -0.39 is 29.2 Å². The number of carbonyl (C=O) groups is 1. The van der Waals surface area contributed by atoms with E-state index in [4.69, 9.17) is 0 Å². The highest BCUT2D eigenvalue weighted by atomic mass is 19.1. The molecule has 1 aliphatic carbocycles. The van der Waals surface area contributed by atoms with Gasteiger partial charge in [0.1, 0.15) is 17.0 Å². The van der Waals surface area contributed by atoms with Crippen molar-refractivity contribution in [3.8, 4) is 0 Å². The predicted molar refractivity (Wildman–Crippen MR) is 132 cm³/mol. The number of nitrogens with one attached hydrogen (secondary N) is 2. The van der Waals surface area contributed by atoms with Gasteiger partial charge >= 0.3 is 0 Å². The first kappa shape index (κ1) is 25.2. The fourth-order valence-electron chi connectivity index (χ4n) is 5.21. The standard InChI is InChI=1S/C25H30F3N7O2/c1-13(2)30-24-29-11-20-22(33-24)35(25(31-20)32-21-18(27)9-15(26)10-19(21)28)16-5-3-14(4-6-16)23(37)34-8-7-17(36)12-34/h9-11,13-14,16-17,36H,3-8,12H2,1-2H3,(H,31,32)(H,29,30,33). The van der Waals surface area contributed by atoms with Crippen LogP contribution in [-0.4, -0.2) is 60.7 Å². The summed E-state index contributed by atoms with van der Waals surface area (Å²) >= 11 is 0. The highest BCUT2D eigenvalue weighted by Gasteiger charge is 2.34. The number of β-amino-alcohol motifs (C(OH)–C–C–N with tert-alkyl or cyclic N) is 1. The van der Waals surface area contributed by atoms with E-state index in [0.29, 0.717) is 74.4 Å². The van der Waals surface area contributed by atoms with Gasteiger partial charge in [-0.3, -0.25) is 9.36 Å². The average Bonchev–Trinajstić information content (AvgIpc) is 3.43. The molecule has 0 bridgehead atoms. The third kappa shape index (κ3) is 5.20. The Hall–Kier alpha value is -3.41. The summed E-state index contributed by atoms with van der Waals surface area (Å²) in [6, 6.07) is 1.15. The van der Waals surface area contributed by atoms with Crippen LogP contribution in [0.5, 0.6) is 0 Å². The zero-order valence-corrected chi connectivity index (χ0v) is 20.7. The summed E-state index contributed by atoms with van der Waals surface area (Å²) in [5.41, 5.74) is 0.410. The van der Waals surface area contributed by atoms with E-state index in [-0.39, 0.29) is 29.9 Å². The fourth-order valence-corrected chi connectivity index (χ4v) is 5.21. The quantitative estimate of drug-likeness (QED) is 0.451. The first-order chi connectivity index (χ1) is 17.7. The van der Waals surface area contributed by atoms with Crippen molar-refractivity contribution in [1.29, 1.82) is 0 Å². The van der Waals surface area contributed by atoms with Crippen molar-refractivity contribution in [2.75, 3.05) is 23.7 Å². The number of imidazole rings is 1. The molecule has 1 saturated carbocycles. The first-order valence-corrected chi connectivity index (χ1v) is 12.6. The molecule has 12 heteroatoms. The molecule has 198 valence electrons. The van der Waals surface area contributed by atoms with E-state index in [1.807, 2.05) is 13.8 Å². The summed E-state index contributed by atoms with van der Waals surface area (Å²) in [4.78, 5) is 28.1. The lowest BCUT2D eigenvalue weighted by atomic mass is 9.85. The van der Waals surface area contributed by atoms with Crippen molar-refractivity contribution in [2.45, 2.75) is 64.1 Å². The molecule has 1 unspecified atom stereocenters. The number of likely N-dealkylation sites (tertiary alicyclic amines) is 1. The number of hydrogen-bond acceptors (Lipinski definition) is 7. The van der Waals surface area contributed by atoms with Gasteiger partial charge in [0.25, 0.3) is 0 Å². The first-order valence-electron chi connectivity index (χ1n) is 12.6. The summed E-state index contributed by atoms with van der Waals surface area (Å²) in [6.07, 6.45) is 4.16. The number of halogens is 3. The van der Waals surface area contributed by atoms with Crippen LogP contribution in [0, 0.1) is 23.4 Å². The van der Waals surface area contributed by atoms with Gasteiger partial charge in [0, 0.05) is 43.2 Å². The molecule has 37 heavy (non-hydrogen) atoms. The monoisotopic (exact) mass is 517 g/mol. The van der Waals surface area contributed by atoms with Gasteiger partial charge in [0.15, 0.2) is 17.3 Å². The van der Waals surface area contributed by atoms with Gasteiger partial charge in [0.05, 0.1) is 12.3 Å². The number of carbonyl (C=O) groups excluding carboxylic acids is 1. The van der Waals surface area contributed by atoms with Crippen molar-refractivity contribution in [3.05, 3.63) is 35.8 Å². The lowest BCUT2D eigenvalue weighted by Crippen LogP contribution is -2.37. The number of benzene rings is 1. The molecular weight excluding hydrogens is 487 g/mol. The average molecular weight is 518 g/mol. The van der Waals surface area contributed by atoms with Crippen molar-refractivity contribution in [1.82, 2.24) is 24.4 Å². The second-order valence-electron chi connectivity index (χ2n) is 10.1. The number of aromatic nitrogens is 4. The SMILES string of the molecule is CC(C)Nc1ncc2nc(Nc3c(F)cc(F)cc3F)n(C3CCC(C(=O)N4CCC(O)C4)CC3)c2n1. The van der Waals surface area contributed by atoms with E-state index in [0.717, 1.165) is 0 Å². The zero-order chi connectivity index (χ0) is 26.3. The van der Waals surface area contributed by atoms with Crippen LogP contribution in [0.2, 0.25) is 0 Å². The summed E-state index contributed by atoms with van der Waals surface area (Å²) < 4.78 is 44.2. The van der Waals surface area contributed by atoms with Crippen LogP contribution in [0.4, 0.5) is 30.8 Å². The Labute approximate surface area is 212 Å². The minimum atomic E-state index is -1.08. The van der Waals surface area contributed by atoms with Crippen LogP contribution >= 0.6 is 0 Å². The zero-order valence-electron chi connectivity index (χ0n) is 20.7. The molecule has 3 aromatic rings. The Balaban J connectivity index is 1.46. The van der Waals surface area contributed by atoms with Gasteiger partial charge in [-0.25, -0.2) is 23.1 Å². The Morgan fingerprint density at radius 3 is 2.41 bits per heavy atom. The molecule has 3 heterocycles. The van der Waals surface area contributed by atoms with Gasteiger partial charge in [-0.15, -0.1) is 0 Å². The maximum Gasteiger partial charge on any atom is 0.225 e. The number of aliphatic hydroxyl groups is 1. The smallest absolute Gasteiger partial charge is 0.225 e. The second kappa shape index (κ2) is 10.2. The highest BCUT2D eigenvalue weighted by Crippen LogP contribution is 2.38. The van der Waals surface area contributed by atoms with Crippen molar-refractivity contribution >= 4 is 34.7 Å². The summed E-state index contributed by atoms with van der Waals surface area (Å²) in [5, 5.41) is 15.7. The van der Waals surface area contributed by atoms with Gasteiger partial charge < -0.3 is 20.6 Å². The Morgan fingerprint density at radius 2 is 1.78 bits per heavy atom. The molecule has 1 saturated heterocycles. The van der Waals surface area contributed by atoms with E-state index >= 15 is 0 Å². The largest absolute Gasteiger partial charge is 0.391 e. The molecule has 3 N–H and O–H groups in total. The van der Waals surface area contributed by atoms with Gasteiger partial charge in [-0.1, -0.05) is 0 Å².